The van der Waals surface area contributed by atoms with Crippen LogP contribution in [0.25, 0.3) is 11.3 Å². The highest BCUT2D eigenvalue weighted by molar-refractivity contribution is 8.00. The van der Waals surface area contributed by atoms with Gasteiger partial charge >= 0.3 is 6.18 Å². The van der Waals surface area contributed by atoms with Crippen molar-refractivity contribution in [3.63, 3.8) is 0 Å². The van der Waals surface area contributed by atoms with Gasteiger partial charge in [0.15, 0.2) is 0 Å². The number of thioether (sulfide) groups is 1. The van der Waals surface area contributed by atoms with Gasteiger partial charge in [-0.3, -0.25) is 4.79 Å². The Hall–Kier alpha value is -4.00. The topological polar surface area (TPSA) is 75.0 Å². The number of halogens is 4. The van der Waals surface area contributed by atoms with E-state index in [1.54, 1.807) is 60.7 Å². The minimum absolute atomic E-state index is 0.0205. The Bertz CT molecular complexity index is 1520. The van der Waals surface area contributed by atoms with E-state index in [9.17, 15) is 23.2 Å². The number of benzene rings is 3. The zero-order chi connectivity index (χ0) is 28.0. The molecule has 10 heteroatoms. The van der Waals surface area contributed by atoms with Gasteiger partial charge in [-0.25, -0.2) is 4.98 Å². The zero-order valence-electron chi connectivity index (χ0n) is 20.6. The minimum Gasteiger partial charge on any atom is -0.489 e. The molecular formula is C29H21ClF3N3O2S. The number of nitriles is 1. The predicted octanol–water partition coefficient (Wildman–Crippen LogP) is 7.91. The average Bonchev–Trinajstić information content (AvgIpc) is 2.91. The molecule has 1 amide bonds. The van der Waals surface area contributed by atoms with Crippen molar-refractivity contribution in [2.75, 3.05) is 11.1 Å². The molecule has 0 fully saturated rings. The van der Waals surface area contributed by atoms with Gasteiger partial charge in [0, 0.05) is 16.3 Å². The summed E-state index contributed by atoms with van der Waals surface area (Å²) in [5.41, 5.74) is 1.10. The molecule has 1 N–H and O–H groups in total. The first-order chi connectivity index (χ1) is 18.6. The fraction of sp³-hybridized carbons (Fsp3) is 0.138. The van der Waals surface area contributed by atoms with Gasteiger partial charge in [-0.05, 0) is 72.6 Å². The molecule has 0 aliphatic carbocycles. The molecule has 0 aliphatic heterocycles. The van der Waals surface area contributed by atoms with Crippen molar-refractivity contribution in [3.8, 4) is 23.1 Å². The predicted molar refractivity (Wildman–Crippen MR) is 146 cm³/mol. The number of anilines is 1. The summed E-state index contributed by atoms with van der Waals surface area (Å²) in [7, 11) is 0. The molecule has 0 atom stereocenters. The average molecular weight is 568 g/mol. The summed E-state index contributed by atoms with van der Waals surface area (Å²) in [4.78, 5) is 16.8. The van der Waals surface area contributed by atoms with Crippen LogP contribution in [-0.4, -0.2) is 16.6 Å². The van der Waals surface area contributed by atoms with Crippen molar-refractivity contribution < 1.29 is 22.7 Å². The molecule has 4 aromatic rings. The third-order valence-corrected chi connectivity index (χ3v) is 6.74. The first kappa shape index (κ1) is 28.0. The molecule has 1 aromatic heterocycles. The van der Waals surface area contributed by atoms with Gasteiger partial charge in [-0.2, -0.15) is 18.4 Å². The number of aryl methyl sites for hydroxylation is 1. The number of nitrogens with one attached hydrogen (secondary N) is 1. The largest absolute Gasteiger partial charge is 0.489 e. The molecular weight excluding hydrogens is 547 g/mol. The molecule has 0 saturated carbocycles. The van der Waals surface area contributed by atoms with Crippen molar-refractivity contribution in [2.45, 2.75) is 24.7 Å². The normalized spacial score (nSPS) is 11.1. The van der Waals surface area contributed by atoms with Crippen LogP contribution in [-0.2, 0) is 17.6 Å². The number of carbonyl (C=O) groups is 1. The van der Waals surface area contributed by atoms with E-state index in [0.29, 0.717) is 22.0 Å². The molecule has 0 bridgehead atoms. The van der Waals surface area contributed by atoms with E-state index in [0.717, 1.165) is 29.0 Å². The number of pyridine rings is 1. The number of amides is 1. The Labute approximate surface area is 232 Å². The summed E-state index contributed by atoms with van der Waals surface area (Å²) >= 11 is 6.66. The lowest BCUT2D eigenvalue weighted by Gasteiger charge is -2.15. The standard InChI is InChI=1S/C29H21ClF3N3O2S/c1-18-3-2-4-22(13-18)35-27(37)17-39-28-24(15-34)25(29(31,32)33)14-26(36-28)20-7-11-23(12-8-20)38-16-19-5-9-21(30)10-6-19/h2-14H,16-17H2,1H3,(H,35,37). The molecule has 3 aromatic carbocycles. The van der Waals surface area contributed by atoms with Gasteiger partial charge in [0.05, 0.1) is 22.6 Å². The first-order valence-electron chi connectivity index (χ1n) is 11.6. The van der Waals surface area contributed by atoms with Crippen molar-refractivity contribution in [1.29, 1.82) is 5.26 Å². The van der Waals surface area contributed by atoms with Crippen LogP contribution in [0.4, 0.5) is 18.9 Å². The van der Waals surface area contributed by atoms with Gasteiger partial charge in [0.1, 0.15) is 23.5 Å². The Morgan fingerprint density at radius 3 is 2.44 bits per heavy atom. The summed E-state index contributed by atoms with van der Waals surface area (Å²) in [6, 6.07) is 23.2. The summed E-state index contributed by atoms with van der Waals surface area (Å²) in [6.45, 7) is 2.16. The number of ether oxygens (including phenoxy) is 1. The number of rotatable bonds is 8. The molecule has 0 saturated heterocycles. The molecule has 0 aliphatic rings. The summed E-state index contributed by atoms with van der Waals surface area (Å²) in [6.07, 6.45) is -4.79. The second-order valence-corrected chi connectivity index (χ2v) is 9.89. The van der Waals surface area contributed by atoms with Crippen LogP contribution < -0.4 is 10.1 Å². The van der Waals surface area contributed by atoms with E-state index >= 15 is 0 Å². The quantitative estimate of drug-likeness (QED) is 0.219. The van der Waals surface area contributed by atoms with Crippen LogP contribution >= 0.6 is 23.4 Å². The fourth-order valence-corrected chi connectivity index (χ4v) is 4.56. The third-order valence-electron chi connectivity index (χ3n) is 5.51. The molecule has 0 unspecified atom stereocenters. The van der Waals surface area contributed by atoms with E-state index < -0.39 is 23.2 Å². The number of nitrogens with zero attached hydrogens (tertiary/aromatic N) is 2. The zero-order valence-corrected chi connectivity index (χ0v) is 22.1. The lowest BCUT2D eigenvalue weighted by atomic mass is 10.1. The van der Waals surface area contributed by atoms with E-state index in [4.69, 9.17) is 16.3 Å². The Morgan fingerprint density at radius 2 is 1.79 bits per heavy atom. The maximum Gasteiger partial charge on any atom is 0.417 e. The smallest absolute Gasteiger partial charge is 0.417 e. The Morgan fingerprint density at radius 1 is 1.08 bits per heavy atom. The molecule has 5 nitrogen and oxygen atoms in total. The van der Waals surface area contributed by atoms with Crippen molar-refractivity contribution in [1.82, 2.24) is 4.98 Å². The lowest BCUT2D eigenvalue weighted by Crippen LogP contribution is -2.15. The van der Waals surface area contributed by atoms with E-state index in [2.05, 4.69) is 10.3 Å². The van der Waals surface area contributed by atoms with Crippen LogP contribution in [0.1, 0.15) is 22.3 Å². The molecule has 0 radical (unpaired) electrons. The molecule has 4 rings (SSSR count). The van der Waals surface area contributed by atoms with Crippen LogP contribution in [0.15, 0.2) is 83.9 Å². The third kappa shape index (κ3) is 7.53. The minimum atomic E-state index is -4.79. The Kier molecular flexibility index (Phi) is 8.79. The van der Waals surface area contributed by atoms with Gasteiger partial charge < -0.3 is 10.1 Å². The van der Waals surface area contributed by atoms with E-state index in [1.807, 2.05) is 25.1 Å². The first-order valence-corrected chi connectivity index (χ1v) is 13.0. The summed E-state index contributed by atoms with van der Waals surface area (Å²) in [5, 5.41) is 12.7. The van der Waals surface area contributed by atoms with E-state index in [1.165, 1.54) is 0 Å². The van der Waals surface area contributed by atoms with Gasteiger partial charge in [0.25, 0.3) is 0 Å². The molecule has 39 heavy (non-hydrogen) atoms. The second-order valence-electron chi connectivity index (χ2n) is 8.49. The van der Waals surface area contributed by atoms with Gasteiger partial charge in [-0.1, -0.05) is 47.6 Å². The second kappa shape index (κ2) is 12.2. The van der Waals surface area contributed by atoms with Gasteiger partial charge in [0.2, 0.25) is 5.91 Å². The van der Waals surface area contributed by atoms with Gasteiger partial charge in [-0.15, -0.1) is 0 Å². The number of hydrogen-bond donors (Lipinski definition) is 1. The van der Waals surface area contributed by atoms with Crippen LogP contribution in [0.3, 0.4) is 0 Å². The van der Waals surface area contributed by atoms with Crippen LogP contribution in [0, 0.1) is 18.3 Å². The summed E-state index contributed by atoms with van der Waals surface area (Å²) < 4.78 is 47.4. The fourth-order valence-electron chi connectivity index (χ4n) is 3.63. The lowest BCUT2D eigenvalue weighted by molar-refractivity contribution is -0.138. The summed E-state index contributed by atoms with van der Waals surface area (Å²) in [5.74, 6) is -0.147. The maximum absolute atomic E-state index is 13.9. The number of aromatic nitrogens is 1. The maximum atomic E-state index is 13.9. The highest BCUT2D eigenvalue weighted by atomic mass is 35.5. The highest BCUT2D eigenvalue weighted by Crippen LogP contribution is 2.38. The molecule has 0 spiro atoms. The highest BCUT2D eigenvalue weighted by Gasteiger charge is 2.36. The number of carbonyl (C=O) groups excluding carboxylic acids is 1. The van der Waals surface area contributed by atoms with E-state index in [-0.39, 0.29) is 23.1 Å². The molecule has 1 heterocycles. The molecule has 198 valence electrons. The Balaban J connectivity index is 1.55. The van der Waals surface area contributed by atoms with Crippen molar-refractivity contribution in [2.24, 2.45) is 0 Å². The van der Waals surface area contributed by atoms with Crippen LogP contribution in [0.5, 0.6) is 5.75 Å². The van der Waals surface area contributed by atoms with Crippen molar-refractivity contribution in [3.05, 3.63) is 106 Å². The van der Waals surface area contributed by atoms with Crippen LogP contribution in [0.2, 0.25) is 5.02 Å². The monoisotopic (exact) mass is 567 g/mol. The SMILES string of the molecule is Cc1cccc(NC(=O)CSc2nc(-c3ccc(OCc4ccc(Cl)cc4)cc3)cc(C(F)(F)F)c2C#N)c1. The number of hydrogen-bond acceptors (Lipinski definition) is 5. The number of alkyl halides is 3. The van der Waals surface area contributed by atoms with Crippen molar-refractivity contribution >= 4 is 35.0 Å².